The predicted molar refractivity (Wildman–Crippen MR) is 139 cm³/mol. The lowest BCUT2D eigenvalue weighted by atomic mass is 10.1. The van der Waals surface area contributed by atoms with E-state index in [9.17, 15) is 9.35 Å². The zero-order valence-corrected chi connectivity index (χ0v) is 21.0. The van der Waals surface area contributed by atoms with Crippen LogP contribution in [0, 0.1) is 5.92 Å². The molecule has 0 spiro atoms. The molecule has 0 bridgehead atoms. The normalized spacial score (nSPS) is 18.4. The molecule has 3 heterocycles. The third-order valence-corrected chi connectivity index (χ3v) is 7.74. The molecule has 5 rings (SSSR count). The Kier molecular flexibility index (Phi) is 7.22. The molecule has 2 aromatic carbocycles. The van der Waals surface area contributed by atoms with Crippen LogP contribution in [-0.4, -0.2) is 51.5 Å². The number of anilines is 3. The first kappa shape index (κ1) is 24.0. The summed E-state index contributed by atoms with van der Waals surface area (Å²) >= 11 is 4.86. The van der Waals surface area contributed by atoms with Crippen LogP contribution in [0.3, 0.4) is 0 Å². The lowest BCUT2D eigenvalue weighted by molar-refractivity contribution is -0.115. The van der Waals surface area contributed by atoms with E-state index in [-0.39, 0.29) is 12.3 Å². The Morgan fingerprint density at radius 1 is 1.26 bits per heavy atom. The van der Waals surface area contributed by atoms with Crippen molar-refractivity contribution in [3.05, 3.63) is 59.2 Å². The van der Waals surface area contributed by atoms with Gasteiger partial charge in [0.15, 0.2) is 4.90 Å². The van der Waals surface area contributed by atoms with Crippen molar-refractivity contribution in [1.82, 2.24) is 19.6 Å². The minimum absolute atomic E-state index is 0.135. The van der Waals surface area contributed by atoms with Crippen LogP contribution in [0.2, 0.25) is 5.02 Å². The second kappa shape index (κ2) is 10.5. The van der Waals surface area contributed by atoms with E-state index < -0.39 is 11.4 Å². The fourth-order valence-corrected chi connectivity index (χ4v) is 5.57. The van der Waals surface area contributed by atoms with Crippen LogP contribution in [0.4, 0.5) is 17.3 Å². The van der Waals surface area contributed by atoms with Gasteiger partial charge < -0.3 is 20.1 Å². The van der Waals surface area contributed by atoms with E-state index in [0.717, 1.165) is 54.3 Å². The maximum Gasteiger partial charge on any atom is 0.228 e. The van der Waals surface area contributed by atoms with Crippen LogP contribution in [0.5, 0.6) is 0 Å². The van der Waals surface area contributed by atoms with Gasteiger partial charge in [0, 0.05) is 41.1 Å². The molecule has 0 aliphatic carbocycles. The highest BCUT2D eigenvalue weighted by molar-refractivity contribution is 7.89. The van der Waals surface area contributed by atoms with E-state index in [2.05, 4.69) is 37.1 Å². The van der Waals surface area contributed by atoms with Gasteiger partial charge in [-0.15, -0.1) is 4.72 Å². The molecule has 3 N–H and O–H groups in total. The quantitative estimate of drug-likeness (QED) is 0.413. The van der Waals surface area contributed by atoms with Crippen LogP contribution in [0.1, 0.15) is 18.9 Å². The standard InChI is InChI=1S/C25H27ClN6O2S/c1-2-32-10-9-16(15-32)13-28-35(34)20-6-4-19(5-7-20)29-25-27-14-17-11-23(33)30-22-12-18(26)3-8-21(22)24(17)31-25/h3-8,12,14,16,28H,2,9-11,13,15H2,1H3,(H,30,33)(H,27,29,31)/t16?,35-/m0/s1. The molecule has 182 valence electrons. The van der Waals surface area contributed by atoms with Gasteiger partial charge in [0.1, 0.15) is 0 Å². The summed E-state index contributed by atoms with van der Waals surface area (Å²) in [7, 11) is 0. The van der Waals surface area contributed by atoms with Crippen LogP contribution < -0.4 is 15.4 Å². The molecule has 10 heteroatoms. The molecule has 35 heavy (non-hydrogen) atoms. The Labute approximate surface area is 212 Å². The number of hydrogen-bond donors (Lipinski definition) is 3. The molecule has 2 aliphatic heterocycles. The molecule has 1 amide bonds. The number of halogens is 1. The topological polar surface area (TPSA) is 105 Å². The SMILES string of the molecule is CCN1CCC(CN[S@@+]([O-])c2ccc(Nc3ncc4c(n3)-c3ccc(Cl)cc3NC(=O)C4)cc2)C1. The smallest absolute Gasteiger partial charge is 0.228 e. The maximum atomic E-state index is 12.7. The second-order valence-corrected chi connectivity index (χ2v) is 10.5. The van der Waals surface area contributed by atoms with Gasteiger partial charge in [-0.2, -0.15) is 0 Å². The van der Waals surface area contributed by atoms with E-state index in [1.54, 1.807) is 18.3 Å². The molecule has 2 atom stereocenters. The van der Waals surface area contributed by atoms with Crippen molar-refractivity contribution < 1.29 is 9.35 Å². The molecule has 8 nitrogen and oxygen atoms in total. The Balaban J connectivity index is 1.27. The summed E-state index contributed by atoms with van der Waals surface area (Å²) in [5.41, 5.74) is 3.63. The maximum absolute atomic E-state index is 12.7. The Morgan fingerprint density at radius 3 is 2.86 bits per heavy atom. The van der Waals surface area contributed by atoms with Gasteiger partial charge in [-0.05, 0) is 67.9 Å². The number of likely N-dealkylation sites (tertiary alicyclic amines) is 1. The number of nitrogens with zero attached hydrogens (tertiary/aromatic N) is 3. The molecule has 0 saturated carbocycles. The molecule has 2 aliphatic rings. The van der Waals surface area contributed by atoms with Crippen molar-refractivity contribution in [2.75, 3.05) is 36.8 Å². The number of carbonyl (C=O) groups excluding carboxylic acids is 1. The molecule has 3 aromatic rings. The predicted octanol–water partition coefficient (Wildman–Crippen LogP) is 3.99. The van der Waals surface area contributed by atoms with Crippen LogP contribution >= 0.6 is 11.6 Å². The fraction of sp³-hybridized carbons (Fsp3) is 0.320. The first-order valence-corrected chi connectivity index (χ1v) is 13.2. The molecule has 1 unspecified atom stereocenters. The number of fused-ring (bicyclic) bond motifs is 3. The summed E-state index contributed by atoms with van der Waals surface area (Å²) in [5, 5.41) is 6.62. The Hall–Kier alpha value is -2.69. The van der Waals surface area contributed by atoms with Crippen LogP contribution in [-0.2, 0) is 22.6 Å². The van der Waals surface area contributed by atoms with Crippen molar-refractivity contribution in [1.29, 1.82) is 0 Å². The first-order valence-electron chi connectivity index (χ1n) is 11.7. The third-order valence-electron chi connectivity index (χ3n) is 6.37. The minimum Gasteiger partial charge on any atom is -0.593 e. The second-order valence-electron chi connectivity index (χ2n) is 8.80. The summed E-state index contributed by atoms with van der Waals surface area (Å²) in [5.74, 6) is 0.814. The summed E-state index contributed by atoms with van der Waals surface area (Å²) in [6, 6.07) is 12.7. The Bertz CT molecular complexity index is 1230. The van der Waals surface area contributed by atoms with Crippen molar-refractivity contribution in [2.45, 2.75) is 24.7 Å². The number of aromatic nitrogens is 2. The van der Waals surface area contributed by atoms with Gasteiger partial charge in [-0.25, -0.2) is 9.97 Å². The summed E-state index contributed by atoms with van der Waals surface area (Å²) in [6.45, 7) is 6.17. The molecule has 1 saturated heterocycles. The fourth-order valence-electron chi connectivity index (χ4n) is 4.46. The largest absolute Gasteiger partial charge is 0.593 e. The summed E-state index contributed by atoms with van der Waals surface area (Å²) in [4.78, 5) is 24.5. The summed E-state index contributed by atoms with van der Waals surface area (Å²) in [6.07, 6.45) is 3.00. The van der Waals surface area contributed by atoms with Gasteiger partial charge >= 0.3 is 0 Å². The summed E-state index contributed by atoms with van der Waals surface area (Å²) < 4.78 is 15.9. The van der Waals surface area contributed by atoms with E-state index in [1.807, 2.05) is 30.3 Å². The van der Waals surface area contributed by atoms with Crippen LogP contribution in [0.25, 0.3) is 11.3 Å². The van der Waals surface area contributed by atoms with Crippen LogP contribution in [0.15, 0.2) is 53.6 Å². The van der Waals surface area contributed by atoms with Crippen molar-refractivity contribution in [2.24, 2.45) is 5.92 Å². The monoisotopic (exact) mass is 510 g/mol. The van der Waals surface area contributed by atoms with Gasteiger partial charge in [0.05, 0.1) is 29.2 Å². The van der Waals surface area contributed by atoms with E-state index in [1.165, 1.54) is 0 Å². The Morgan fingerprint density at radius 2 is 2.09 bits per heavy atom. The zero-order chi connectivity index (χ0) is 24.4. The lowest BCUT2D eigenvalue weighted by Gasteiger charge is -2.15. The molecular weight excluding hydrogens is 484 g/mol. The average molecular weight is 511 g/mol. The van der Waals surface area contributed by atoms with Gasteiger partial charge in [0.25, 0.3) is 0 Å². The van der Waals surface area contributed by atoms with Crippen molar-refractivity contribution >= 4 is 46.2 Å². The number of amides is 1. The van der Waals surface area contributed by atoms with Gasteiger partial charge in [-0.3, -0.25) is 4.79 Å². The first-order chi connectivity index (χ1) is 17.0. The third kappa shape index (κ3) is 5.60. The number of nitrogens with one attached hydrogen (secondary N) is 3. The van der Waals surface area contributed by atoms with E-state index in [4.69, 9.17) is 11.6 Å². The zero-order valence-electron chi connectivity index (χ0n) is 19.4. The average Bonchev–Trinajstić information content (AvgIpc) is 3.27. The molecule has 1 aromatic heterocycles. The van der Waals surface area contributed by atoms with Gasteiger partial charge in [-0.1, -0.05) is 18.5 Å². The van der Waals surface area contributed by atoms with Crippen molar-refractivity contribution in [3.8, 4) is 11.3 Å². The molecule has 1 fully saturated rings. The van der Waals surface area contributed by atoms with Gasteiger partial charge in [0.2, 0.25) is 11.9 Å². The highest BCUT2D eigenvalue weighted by Crippen LogP contribution is 2.35. The molecular formula is C25H27ClN6O2S. The van der Waals surface area contributed by atoms with E-state index >= 15 is 0 Å². The number of hydrogen-bond acceptors (Lipinski definition) is 7. The minimum atomic E-state index is -1.26. The highest BCUT2D eigenvalue weighted by Gasteiger charge is 2.24. The lowest BCUT2D eigenvalue weighted by Crippen LogP contribution is -2.31. The van der Waals surface area contributed by atoms with Crippen molar-refractivity contribution in [3.63, 3.8) is 0 Å². The number of benzene rings is 2. The van der Waals surface area contributed by atoms with E-state index in [0.29, 0.717) is 28.3 Å². The number of carbonyl (C=O) groups is 1. The number of rotatable bonds is 7. The molecule has 0 radical (unpaired) electrons. The highest BCUT2D eigenvalue weighted by atomic mass is 35.5.